The van der Waals surface area contributed by atoms with Crippen LogP contribution in [0, 0.1) is 0 Å². The van der Waals surface area contributed by atoms with Gasteiger partial charge in [0.05, 0.1) is 10.2 Å². The number of hydrogen-bond donors (Lipinski definition) is 1. The first-order valence-electron chi connectivity index (χ1n) is 7.94. The van der Waals surface area contributed by atoms with Crippen LogP contribution in [-0.2, 0) is 4.79 Å². The topological polar surface area (TPSA) is 50.7 Å². The van der Waals surface area contributed by atoms with Crippen LogP contribution < -0.4 is 10.2 Å². The molecule has 3 aromatic rings. The Kier molecular flexibility index (Phi) is 5.91. The van der Waals surface area contributed by atoms with E-state index in [2.05, 4.69) is 26.5 Å². The average molecular weight is 432 g/mol. The molecule has 6 heteroatoms. The normalized spacial score (nSPS) is 11.4. The van der Waals surface area contributed by atoms with Crippen molar-refractivity contribution < 1.29 is 9.53 Å². The molecular formula is C20H16BrClN2O2. The van der Waals surface area contributed by atoms with Gasteiger partial charge < -0.3 is 4.74 Å². The summed E-state index contributed by atoms with van der Waals surface area (Å²) >= 11 is 9.40. The van der Waals surface area contributed by atoms with E-state index in [-0.39, 0.29) is 12.5 Å². The van der Waals surface area contributed by atoms with Crippen LogP contribution in [0.25, 0.3) is 10.8 Å². The van der Waals surface area contributed by atoms with Crippen LogP contribution >= 0.6 is 27.5 Å². The lowest BCUT2D eigenvalue weighted by Gasteiger charge is -2.10. The number of carbonyl (C=O) groups excluding carboxylic acids is 1. The van der Waals surface area contributed by atoms with E-state index in [1.54, 1.807) is 12.1 Å². The van der Waals surface area contributed by atoms with Crippen molar-refractivity contribution in [3.8, 4) is 5.75 Å². The van der Waals surface area contributed by atoms with E-state index < -0.39 is 0 Å². The maximum Gasteiger partial charge on any atom is 0.277 e. The Balaban J connectivity index is 1.61. The Morgan fingerprint density at radius 2 is 1.85 bits per heavy atom. The van der Waals surface area contributed by atoms with E-state index >= 15 is 0 Å². The van der Waals surface area contributed by atoms with E-state index in [0.29, 0.717) is 16.5 Å². The summed E-state index contributed by atoms with van der Waals surface area (Å²) in [7, 11) is 0. The Morgan fingerprint density at radius 3 is 2.62 bits per heavy atom. The van der Waals surface area contributed by atoms with E-state index in [1.807, 2.05) is 55.5 Å². The first-order chi connectivity index (χ1) is 12.5. The molecular weight excluding hydrogens is 416 g/mol. The number of rotatable bonds is 5. The fraction of sp³-hybridized carbons (Fsp3) is 0.100. The van der Waals surface area contributed by atoms with Crippen molar-refractivity contribution in [2.75, 3.05) is 6.61 Å². The van der Waals surface area contributed by atoms with Gasteiger partial charge in [0.25, 0.3) is 5.91 Å². The molecule has 26 heavy (non-hydrogen) atoms. The Morgan fingerprint density at radius 1 is 1.12 bits per heavy atom. The first kappa shape index (κ1) is 18.4. The molecule has 0 saturated carbocycles. The summed E-state index contributed by atoms with van der Waals surface area (Å²) in [6.45, 7) is 1.68. The van der Waals surface area contributed by atoms with Gasteiger partial charge in [0.15, 0.2) is 6.61 Å². The van der Waals surface area contributed by atoms with Crippen molar-refractivity contribution in [2.24, 2.45) is 5.10 Å². The van der Waals surface area contributed by atoms with Crippen LogP contribution in [0.15, 0.2) is 70.2 Å². The zero-order chi connectivity index (χ0) is 18.5. The van der Waals surface area contributed by atoms with Crippen LogP contribution in [0.5, 0.6) is 5.75 Å². The maximum atomic E-state index is 12.0. The molecule has 3 rings (SSSR count). The second-order valence-electron chi connectivity index (χ2n) is 5.63. The first-order valence-corrected chi connectivity index (χ1v) is 9.11. The summed E-state index contributed by atoms with van der Waals surface area (Å²) < 4.78 is 6.44. The number of hydrazone groups is 1. The molecule has 0 aliphatic heterocycles. The Labute approximate surface area is 164 Å². The minimum Gasteiger partial charge on any atom is -0.483 e. The number of benzene rings is 3. The van der Waals surface area contributed by atoms with Gasteiger partial charge >= 0.3 is 0 Å². The molecule has 0 spiro atoms. The summed E-state index contributed by atoms with van der Waals surface area (Å²) in [4.78, 5) is 12.0. The highest BCUT2D eigenvalue weighted by Crippen LogP contribution is 2.32. The van der Waals surface area contributed by atoms with Crippen molar-refractivity contribution >= 4 is 49.9 Å². The van der Waals surface area contributed by atoms with Crippen LogP contribution in [0.4, 0.5) is 0 Å². The molecule has 0 aliphatic carbocycles. The van der Waals surface area contributed by atoms with Gasteiger partial charge in [0, 0.05) is 5.02 Å². The lowest BCUT2D eigenvalue weighted by molar-refractivity contribution is -0.123. The van der Waals surface area contributed by atoms with Gasteiger partial charge in [-0.15, -0.1) is 0 Å². The van der Waals surface area contributed by atoms with Crippen molar-refractivity contribution in [3.63, 3.8) is 0 Å². The van der Waals surface area contributed by atoms with Gasteiger partial charge in [0.1, 0.15) is 5.75 Å². The van der Waals surface area contributed by atoms with Crippen molar-refractivity contribution in [1.29, 1.82) is 0 Å². The minimum atomic E-state index is -0.335. The second-order valence-corrected chi connectivity index (χ2v) is 6.86. The number of carbonyl (C=O) groups is 1. The van der Waals surface area contributed by atoms with Crippen LogP contribution in [0.2, 0.25) is 5.02 Å². The fourth-order valence-electron chi connectivity index (χ4n) is 2.40. The maximum absolute atomic E-state index is 12.0. The van der Waals surface area contributed by atoms with Gasteiger partial charge in [-0.25, -0.2) is 5.43 Å². The van der Waals surface area contributed by atoms with E-state index in [1.165, 1.54) is 0 Å². The van der Waals surface area contributed by atoms with E-state index in [0.717, 1.165) is 20.8 Å². The zero-order valence-electron chi connectivity index (χ0n) is 14.0. The predicted octanol–water partition coefficient (Wildman–Crippen LogP) is 5.17. The second kappa shape index (κ2) is 8.34. The zero-order valence-corrected chi connectivity index (χ0v) is 16.3. The van der Waals surface area contributed by atoms with Gasteiger partial charge in [-0.2, -0.15) is 5.10 Å². The van der Waals surface area contributed by atoms with E-state index in [9.17, 15) is 4.79 Å². The molecule has 0 unspecified atom stereocenters. The summed E-state index contributed by atoms with van der Waals surface area (Å²) in [5, 5.41) is 6.87. The third kappa shape index (κ3) is 4.42. The third-order valence-corrected chi connectivity index (χ3v) is 4.87. The number of ether oxygens (including phenoxy) is 1. The predicted molar refractivity (Wildman–Crippen MR) is 109 cm³/mol. The minimum absolute atomic E-state index is 0.131. The lowest BCUT2D eigenvalue weighted by Crippen LogP contribution is -2.25. The Bertz CT molecular complexity index is 971. The summed E-state index contributed by atoms with van der Waals surface area (Å²) in [6.07, 6.45) is 0. The third-order valence-electron chi connectivity index (χ3n) is 3.80. The Hall–Kier alpha value is -2.37. The smallest absolute Gasteiger partial charge is 0.277 e. The van der Waals surface area contributed by atoms with Crippen molar-refractivity contribution in [2.45, 2.75) is 6.92 Å². The fourth-order valence-corrected chi connectivity index (χ4v) is 3.14. The molecule has 0 fully saturated rings. The van der Waals surface area contributed by atoms with Gasteiger partial charge in [0.2, 0.25) is 0 Å². The highest BCUT2D eigenvalue weighted by atomic mass is 79.9. The molecule has 0 bridgehead atoms. The molecule has 1 N–H and O–H groups in total. The van der Waals surface area contributed by atoms with Gasteiger partial charge in [-0.1, -0.05) is 54.1 Å². The summed E-state index contributed by atoms with van der Waals surface area (Å²) in [5.74, 6) is 0.274. The molecule has 4 nitrogen and oxygen atoms in total. The molecule has 0 saturated heterocycles. The molecule has 0 radical (unpaired) electrons. The number of amides is 1. The largest absolute Gasteiger partial charge is 0.483 e. The summed E-state index contributed by atoms with van der Waals surface area (Å²) in [5.41, 5.74) is 4.06. The molecule has 0 aromatic heterocycles. The monoisotopic (exact) mass is 430 g/mol. The number of hydrogen-bond acceptors (Lipinski definition) is 3. The van der Waals surface area contributed by atoms with Crippen LogP contribution in [0.1, 0.15) is 12.5 Å². The number of fused-ring (bicyclic) bond motifs is 1. The van der Waals surface area contributed by atoms with E-state index in [4.69, 9.17) is 16.3 Å². The average Bonchev–Trinajstić information content (AvgIpc) is 2.66. The van der Waals surface area contributed by atoms with Crippen molar-refractivity contribution in [1.82, 2.24) is 5.43 Å². The quantitative estimate of drug-likeness (QED) is 0.447. The lowest BCUT2D eigenvalue weighted by atomic mass is 10.1. The highest BCUT2D eigenvalue weighted by molar-refractivity contribution is 9.10. The van der Waals surface area contributed by atoms with Crippen molar-refractivity contribution in [3.05, 3.63) is 75.7 Å². The number of nitrogens with zero attached hydrogens (tertiary/aromatic N) is 1. The molecule has 0 heterocycles. The molecule has 3 aromatic carbocycles. The number of nitrogens with one attached hydrogen (secondary N) is 1. The summed E-state index contributed by atoms with van der Waals surface area (Å²) in [6, 6.07) is 19.0. The van der Waals surface area contributed by atoms with Gasteiger partial charge in [-0.3, -0.25) is 4.79 Å². The number of halogens is 2. The standard InChI is InChI=1S/C20H16BrClN2O2/c1-13(14-6-9-16(22)10-7-14)23-24-19(25)12-26-18-11-8-15-4-2-3-5-17(15)20(18)21/h2-11H,12H2,1H3,(H,24,25)/b23-13+. The molecule has 0 aliphatic rings. The molecule has 1 amide bonds. The molecule has 132 valence electrons. The highest BCUT2D eigenvalue weighted by Gasteiger charge is 2.08. The van der Waals surface area contributed by atoms with Crippen LogP contribution in [-0.4, -0.2) is 18.2 Å². The SMILES string of the molecule is C/C(=N\NC(=O)COc1ccc2ccccc2c1Br)c1ccc(Cl)cc1. The molecule has 0 atom stereocenters. The van der Waals surface area contributed by atoms with Crippen LogP contribution in [0.3, 0.4) is 0 Å². The van der Waals surface area contributed by atoms with Gasteiger partial charge in [-0.05, 0) is 57.4 Å².